The first-order valence-corrected chi connectivity index (χ1v) is 6.38. The van der Waals surface area contributed by atoms with Gasteiger partial charge in [0, 0.05) is 13.1 Å². The summed E-state index contributed by atoms with van der Waals surface area (Å²) in [6.07, 6.45) is 0.476. The summed E-state index contributed by atoms with van der Waals surface area (Å²) < 4.78 is 11.5. The van der Waals surface area contributed by atoms with E-state index in [1.54, 1.807) is 0 Å². The van der Waals surface area contributed by atoms with Crippen molar-refractivity contribution in [3.63, 3.8) is 0 Å². The van der Waals surface area contributed by atoms with Gasteiger partial charge in [0.1, 0.15) is 6.10 Å². The van der Waals surface area contributed by atoms with Crippen molar-refractivity contribution in [3.05, 3.63) is 0 Å². The van der Waals surface area contributed by atoms with E-state index in [0.717, 1.165) is 13.0 Å². The van der Waals surface area contributed by atoms with Crippen LogP contribution in [0.3, 0.4) is 0 Å². The molecular formula is C13H23NO3. The van der Waals surface area contributed by atoms with E-state index < -0.39 is 0 Å². The van der Waals surface area contributed by atoms with Crippen LogP contribution in [0.15, 0.2) is 0 Å². The van der Waals surface area contributed by atoms with Gasteiger partial charge in [-0.3, -0.25) is 4.79 Å². The quantitative estimate of drug-likeness (QED) is 0.787. The van der Waals surface area contributed by atoms with Crippen LogP contribution in [0, 0.1) is 5.92 Å². The molecular weight excluding hydrogens is 218 g/mol. The molecule has 2 aliphatic heterocycles. The molecule has 4 heteroatoms. The van der Waals surface area contributed by atoms with Crippen molar-refractivity contribution in [3.8, 4) is 0 Å². The molecule has 0 aromatic heterocycles. The Labute approximate surface area is 103 Å². The highest BCUT2D eigenvalue weighted by Crippen LogP contribution is 2.42. The standard InChI is InChI=1S/C13H23NO3/c1-12(2)7-9(13(3,4)17-12)11(15)10-8-14-5-6-16-10/h9-10,14H,5-8H2,1-4H3. The number of nitrogens with one attached hydrogen (secondary N) is 1. The molecule has 2 heterocycles. The minimum absolute atomic E-state index is 0.0672. The van der Waals surface area contributed by atoms with Crippen LogP contribution in [-0.2, 0) is 14.3 Å². The Kier molecular flexibility index (Phi) is 3.31. The Balaban J connectivity index is 2.08. The molecule has 2 aliphatic rings. The minimum atomic E-state index is -0.388. The summed E-state index contributed by atoms with van der Waals surface area (Å²) in [5, 5.41) is 3.20. The smallest absolute Gasteiger partial charge is 0.168 e. The van der Waals surface area contributed by atoms with Crippen LogP contribution in [0.1, 0.15) is 34.1 Å². The van der Waals surface area contributed by atoms with E-state index in [0.29, 0.717) is 13.2 Å². The molecule has 2 atom stereocenters. The predicted molar refractivity (Wildman–Crippen MR) is 65.0 cm³/mol. The van der Waals surface area contributed by atoms with Gasteiger partial charge in [-0.2, -0.15) is 0 Å². The second-order valence-electron chi connectivity index (χ2n) is 6.19. The van der Waals surface area contributed by atoms with E-state index in [1.807, 2.05) is 27.7 Å². The van der Waals surface area contributed by atoms with Gasteiger partial charge < -0.3 is 14.8 Å². The van der Waals surface area contributed by atoms with E-state index in [9.17, 15) is 4.79 Å². The van der Waals surface area contributed by atoms with Crippen LogP contribution in [0.25, 0.3) is 0 Å². The van der Waals surface area contributed by atoms with Gasteiger partial charge in [0.25, 0.3) is 0 Å². The highest BCUT2D eigenvalue weighted by molar-refractivity contribution is 5.87. The van der Waals surface area contributed by atoms with Gasteiger partial charge in [0.15, 0.2) is 5.78 Å². The van der Waals surface area contributed by atoms with E-state index in [1.165, 1.54) is 0 Å². The van der Waals surface area contributed by atoms with Crippen LogP contribution in [0.5, 0.6) is 0 Å². The summed E-state index contributed by atoms with van der Waals surface area (Å²) in [5.41, 5.74) is -0.604. The van der Waals surface area contributed by atoms with E-state index in [2.05, 4.69) is 5.32 Å². The van der Waals surface area contributed by atoms with Crippen molar-refractivity contribution >= 4 is 5.78 Å². The lowest BCUT2D eigenvalue weighted by Crippen LogP contribution is -2.48. The number of rotatable bonds is 2. The summed E-state index contributed by atoms with van der Waals surface area (Å²) in [6, 6.07) is 0. The number of ketones is 1. The van der Waals surface area contributed by atoms with Gasteiger partial charge in [-0.25, -0.2) is 0 Å². The molecule has 0 saturated carbocycles. The predicted octanol–water partition coefficient (Wildman–Crippen LogP) is 1.14. The number of carbonyl (C=O) groups is 1. The molecule has 0 aromatic rings. The molecule has 2 fully saturated rings. The monoisotopic (exact) mass is 241 g/mol. The molecule has 0 amide bonds. The largest absolute Gasteiger partial charge is 0.369 e. The van der Waals surface area contributed by atoms with Crippen LogP contribution in [0.2, 0.25) is 0 Å². The molecule has 98 valence electrons. The SMILES string of the molecule is CC1(C)CC(C(=O)C2CNCCO2)C(C)(C)O1. The zero-order valence-corrected chi connectivity index (χ0v) is 11.2. The van der Waals surface area contributed by atoms with Crippen molar-refractivity contribution in [1.82, 2.24) is 5.32 Å². The summed E-state index contributed by atoms with van der Waals surface area (Å²) in [7, 11) is 0. The van der Waals surface area contributed by atoms with Crippen molar-refractivity contribution in [2.45, 2.75) is 51.4 Å². The summed E-state index contributed by atoms with van der Waals surface area (Å²) in [6.45, 7) is 10.2. The summed E-state index contributed by atoms with van der Waals surface area (Å²) in [5.74, 6) is 0.121. The number of morpholine rings is 1. The second kappa shape index (κ2) is 4.34. The van der Waals surface area contributed by atoms with Crippen molar-refractivity contribution in [1.29, 1.82) is 0 Å². The average molecular weight is 241 g/mol. The van der Waals surface area contributed by atoms with E-state index in [-0.39, 0.29) is 29.0 Å². The maximum atomic E-state index is 12.5. The molecule has 2 rings (SSSR count). The Morgan fingerprint density at radius 3 is 2.47 bits per heavy atom. The van der Waals surface area contributed by atoms with Crippen molar-refractivity contribution in [2.24, 2.45) is 5.92 Å². The Hall–Kier alpha value is -0.450. The number of ether oxygens (including phenoxy) is 2. The lowest BCUT2D eigenvalue weighted by Gasteiger charge is -2.30. The van der Waals surface area contributed by atoms with Crippen LogP contribution in [0.4, 0.5) is 0 Å². The van der Waals surface area contributed by atoms with Gasteiger partial charge in [0.05, 0.1) is 23.7 Å². The molecule has 0 aromatic carbocycles. The van der Waals surface area contributed by atoms with Gasteiger partial charge >= 0.3 is 0 Å². The van der Waals surface area contributed by atoms with Crippen LogP contribution < -0.4 is 5.32 Å². The summed E-state index contributed by atoms with van der Waals surface area (Å²) >= 11 is 0. The second-order valence-corrected chi connectivity index (χ2v) is 6.19. The van der Waals surface area contributed by atoms with Crippen LogP contribution in [-0.4, -0.2) is 42.8 Å². The first-order valence-electron chi connectivity index (χ1n) is 6.38. The third-order valence-electron chi connectivity index (χ3n) is 3.66. The maximum Gasteiger partial charge on any atom is 0.168 e. The van der Waals surface area contributed by atoms with E-state index in [4.69, 9.17) is 9.47 Å². The number of hydrogen-bond donors (Lipinski definition) is 1. The molecule has 2 saturated heterocycles. The molecule has 0 bridgehead atoms. The fourth-order valence-corrected chi connectivity index (χ4v) is 2.98. The Morgan fingerprint density at radius 2 is 2.00 bits per heavy atom. The zero-order valence-electron chi connectivity index (χ0n) is 11.2. The molecule has 0 spiro atoms. The minimum Gasteiger partial charge on any atom is -0.369 e. The molecule has 17 heavy (non-hydrogen) atoms. The van der Waals surface area contributed by atoms with Gasteiger partial charge in [-0.05, 0) is 34.1 Å². The topological polar surface area (TPSA) is 47.6 Å². The number of Topliss-reactive ketones (excluding diaryl/α,β-unsaturated/α-hetero) is 1. The molecule has 0 aliphatic carbocycles. The van der Waals surface area contributed by atoms with Gasteiger partial charge in [-0.1, -0.05) is 0 Å². The highest BCUT2D eigenvalue weighted by atomic mass is 16.5. The van der Waals surface area contributed by atoms with Crippen LogP contribution >= 0.6 is 0 Å². The fourth-order valence-electron chi connectivity index (χ4n) is 2.98. The Bertz CT molecular complexity index is 306. The molecule has 2 unspecified atom stereocenters. The lowest BCUT2D eigenvalue weighted by molar-refractivity contribution is -0.142. The summed E-state index contributed by atoms with van der Waals surface area (Å²) in [4.78, 5) is 12.5. The van der Waals surface area contributed by atoms with Crippen molar-refractivity contribution < 1.29 is 14.3 Å². The average Bonchev–Trinajstić information content (AvgIpc) is 2.47. The first kappa shape index (κ1) is 13.0. The Morgan fingerprint density at radius 1 is 1.29 bits per heavy atom. The molecule has 4 nitrogen and oxygen atoms in total. The van der Waals surface area contributed by atoms with Gasteiger partial charge in [0.2, 0.25) is 0 Å². The molecule has 0 radical (unpaired) electrons. The third-order valence-corrected chi connectivity index (χ3v) is 3.66. The van der Waals surface area contributed by atoms with Crippen molar-refractivity contribution in [2.75, 3.05) is 19.7 Å². The van der Waals surface area contributed by atoms with Gasteiger partial charge in [-0.15, -0.1) is 0 Å². The highest BCUT2D eigenvalue weighted by Gasteiger charge is 2.50. The fraction of sp³-hybridized carbons (Fsp3) is 0.923. The normalized spacial score (nSPS) is 35.8. The zero-order chi connectivity index (χ0) is 12.7. The first-order chi connectivity index (χ1) is 7.82. The third kappa shape index (κ3) is 2.69. The maximum absolute atomic E-state index is 12.5. The van der Waals surface area contributed by atoms with E-state index >= 15 is 0 Å². The number of hydrogen-bond acceptors (Lipinski definition) is 4. The lowest BCUT2D eigenvalue weighted by atomic mass is 9.82. The molecule has 1 N–H and O–H groups in total. The number of carbonyl (C=O) groups excluding carboxylic acids is 1.